The Morgan fingerprint density at radius 3 is 2.50 bits per heavy atom. The highest BCUT2D eigenvalue weighted by atomic mass is 32.2. The Labute approximate surface area is 155 Å². The zero-order valence-electron chi connectivity index (χ0n) is 15.1. The van der Waals surface area contributed by atoms with Gasteiger partial charge in [-0.15, -0.1) is 11.3 Å². The van der Waals surface area contributed by atoms with E-state index in [0.29, 0.717) is 23.4 Å². The van der Waals surface area contributed by atoms with Gasteiger partial charge >= 0.3 is 5.69 Å². The molecule has 140 valence electrons. The fourth-order valence-electron chi connectivity index (χ4n) is 2.75. The monoisotopic (exact) mass is 394 g/mol. The van der Waals surface area contributed by atoms with Crippen LogP contribution in [0.25, 0.3) is 11.0 Å². The Bertz CT molecular complexity index is 1070. The molecular formula is C17H22N4O3S2. The summed E-state index contributed by atoms with van der Waals surface area (Å²) in [5.74, 6) is 0.302. The largest absolute Gasteiger partial charge is 0.323 e. The number of fused-ring (bicyclic) bond motifs is 1. The molecule has 3 aromatic rings. The molecule has 1 aromatic carbocycles. The van der Waals surface area contributed by atoms with Gasteiger partial charge in [0.05, 0.1) is 27.7 Å². The van der Waals surface area contributed by atoms with Gasteiger partial charge in [-0.3, -0.25) is 0 Å². The third kappa shape index (κ3) is 3.89. The van der Waals surface area contributed by atoms with Gasteiger partial charge in [0.25, 0.3) is 0 Å². The summed E-state index contributed by atoms with van der Waals surface area (Å²) < 4.78 is 28.6. The minimum Gasteiger partial charge on any atom is -0.306 e. The smallest absolute Gasteiger partial charge is 0.306 e. The standard InChI is InChI=1S/C17H22N4O3S2/c1-9(2)7-15(16-18-10(3)11(4)25-16)21-26(23,24)12-5-6-13-14(8-12)20-17(22)19-13/h5-6,8-9,15,21H,7H2,1-4H3,(H2,19,20,22). The van der Waals surface area contributed by atoms with E-state index < -0.39 is 16.1 Å². The molecule has 7 nitrogen and oxygen atoms in total. The minimum absolute atomic E-state index is 0.110. The Balaban J connectivity index is 1.95. The molecule has 0 spiro atoms. The van der Waals surface area contributed by atoms with Crippen molar-refractivity contribution in [2.45, 2.75) is 45.1 Å². The predicted octanol–water partition coefficient (Wildman–Crippen LogP) is 3.00. The molecule has 0 saturated heterocycles. The number of H-pyrrole nitrogens is 2. The number of aromatic amines is 2. The van der Waals surface area contributed by atoms with Crippen molar-refractivity contribution in [1.29, 1.82) is 0 Å². The van der Waals surface area contributed by atoms with Crippen LogP contribution in [0, 0.1) is 19.8 Å². The quantitative estimate of drug-likeness (QED) is 0.597. The fraction of sp³-hybridized carbons (Fsp3) is 0.412. The van der Waals surface area contributed by atoms with Crippen molar-refractivity contribution in [1.82, 2.24) is 19.7 Å². The van der Waals surface area contributed by atoms with Crippen LogP contribution < -0.4 is 10.4 Å². The zero-order chi connectivity index (χ0) is 19.1. The van der Waals surface area contributed by atoms with Gasteiger partial charge in [0.1, 0.15) is 5.01 Å². The molecule has 1 atom stereocenters. The lowest BCUT2D eigenvalue weighted by molar-refractivity contribution is 0.470. The van der Waals surface area contributed by atoms with Gasteiger partial charge in [-0.2, -0.15) is 0 Å². The summed E-state index contributed by atoms with van der Waals surface area (Å²) in [5, 5.41) is 0.772. The first kappa shape index (κ1) is 18.8. The van der Waals surface area contributed by atoms with Gasteiger partial charge in [-0.05, 0) is 44.4 Å². The van der Waals surface area contributed by atoms with Gasteiger partial charge in [-0.1, -0.05) is 13.8 Å². The first-order valence-electron chi connectivity index (χ1n) is 8.34. The van der Waals surface area contributed by atoms with E-state index in [1.807, 2.05) is 27.7 Å². The fourth-order valence-corrected chi connectivity index (χ4v) is 5.05. The van der Waals surface area contributed by atoms with Crippen molar-refractivity contribution in [3.8, 4) is 0 Å². The van der Waals surface area contributed by atoms with Crippen LogP contribution in [-0.4, -0.2) is 23.4 Å². The average molecular weight is 395 g/mol. The first-order chi connectivity index (χ1) is 12.2. The van der Waals surface area contributed by atoms with Gasteiger partial charge in [-0.25, -0.2) is 22.9 Å². The molecule has 0 fully saturated rings. The molecule has 3 rings (SSSR count). The minimum atomic E-state index is -3.76. The maximum absolute atomic E-state index is 12.9. The van der Waals surface area contributed by atoms with Crippen LogP contribution >= 0.6 is 11.3 Å². The molecule has 0 radical (unpaired) electrons. The number of sulfonamides is 1. The summed E-state index contributed by atoms with van der Waals surface area (Å²) in [7, 11) is -3.76. The van der Waals surface area contributed by atoms with Crippen molar-refractivity contribution < 1.29 is 8.42 Å². The van der Waals surface area contributed by atoms with Crippen LogP contribution in [0.15, 0.2) is 27.9 Å². The number of hydrogen-bond acceptors (Lipinski definition) is 5. The molecule has 2 heterocycles. The van der Waals surface area contributed by atoms with Gasteiger partial charge in [0.2, 0.25) is 10.0 Å². The highest BCUT2D eigenvalue weighted by molar-refractivity contribution is 7.89. The number of benzene rings is 1. The Morgan fingerprint density at radius 1 is 1.19 bits per heavy atom. The zero-order valence-corrected chi connectivity index (χ0v) is 16.7. The third-order valence-corrected chi connectivity index (χ3v) is 6.80. The number of thiazole rings is 1. The van der Waals surface area contributed by atoms with Crippen LogP contribution in [0.4, 0.5) is 0 Å². The Hall–Kier alpha value is -1.97. The summed E-state index contributed by atoms with van der Waals surface area (Å²) in [6.45, 7) is 8.00. The van der Waals surface area contributed by atoms with E-state index in [1.165, 1.54) is 23.5 Å². The first-order valence-corrected chi connectivity index (χ1v) is 10.6. The maximum atomic E-state index is 12.9. The number of nitrogens with zero attached hydrogens (tertiary/aromatic N) is 1. The lowest BCUT2D eigenvalue weighted by Crippen LogP contribution is -2.29. The summed E-state index contributed by atoms with van der Waals surface area (Å²) in [5.41, 5.74) is 1.58. The Kier molecular flexibility index (Phi) is 5.05. The van der Waals surface area contributed by atoms with Crippen molar-refractivity contribution in [3.63, 3.8) is 0 Å². The van der Waals surface area contributed by atoms with Crippen LogP contribution in [0.3, 0.4) is 0 Å². The van der Waals surface area contributed by atoms with Crippen molar-refractivity contribution >= 4 is 32.4 Å². The second-order valence-corrected chi connectivity index (χ2v) is 9.73. The van der Waals surface area contributed by atoms with Crippen molar-refractivity contribution in [3.05, 3.63) is 44.3 Å². The highest BCUT2D eigenvalue weighted by Crippen LogP contribution is 2.29. The van der Waals surface area contributed by atoms with E-state index in [1.54, 1.807) is 6.07 Å². The molecule has 0 aliphatic carbocycles. The van der Waals surface area contributed by atoms with Gasteiger partial charge in [0.15, 0.2) is 0 Å². The van der Waals surface area contributed by atoms with Crippen LogP contribution in [0.1, 0.15) is 41.9 Å². The van der Waals surface area contributed by atoms with Crippen LogP contribution in [0.2, 0.25) is 0 Å². The molecular weight excluding hydrogens is 372 g/mol. The van der Waals surface area contributed by atoms with Crippen LogP contribution in [-0.2, 0) is 10.0 Å². The molecule has 3 N–H and O–H groups in total. The lowest BCUT2D eigenvalue weighted by atomic mass is 10.1. The summed E-state index contributed by atoms with van der Waals surface area (Å²) >= 11 is 1.52. The van der Waals surface area contributed by atoms with Gasteiger partial charge < -0.3 is 9.97 Å². The number of rotatable bonds is 6. The van der Waals surface area contributed by atoms with E-state index >= 15 is 0 Å². The number of aryl methyl sites for hydroxylation is 2. The van der Waals surface area contributed by atoms with Crippen LogP contribution in [0.5, 0.6) is 0 Å². The van der Waals surface area contributed by atoms with E-state index in [-0.39, 0.29) is 10.6 Å². The topological polar surface area (TPSA) is 108 Å². The van der Waals surface area contributed by atoms with E-state index in [4.69, 9.17) is 0 Å². The molecule has 0 amide bonds. The summed E-state index contributed by atoms with van der Waals surface area (Å²) in [6.07, 6.45) is 0.648. The number of aromatic nitrogens is 3. The highest BCUT2D eigenvalue weighted by Gasteiger charge is 2.25. The molecule has 0 aliphatic heterocycles. The second-order valence-electron chi connectivity index (χ2n) is 6.78. The maximum Gasteiger partial charge on any atom is 0.323 e. The SMILES string of the molecule is Cc1nc(C(CC(C)C)NS(=O)(=O)c2ccc3[nH]c(=O)[nH]c3c2)sc1C. The van der Waals surface area contributed by atoms with Gasteiger partial charge in [0, 0.05) is 4.88 Å². The third-order valence-electron chi connectivity index (χ3n) is 4.15. The molecule has 0 bridgehead atoms. The normalized spacial score (nSPS) is 13.6. The summed E-state index contributed by atoms with van der Waals surface area (Å²) in [6, 6.07) is 4.13. The van der Waals surface area contributed by atoms with Crippen molar-refractivity contribution in [2.24, 2.45) is 5.92 Å². The van der Waals surface area contributed by atoms with E-state index in [2.05, 4.69) is 19.7 Å². The van der Waals surface area contributed by atoms with E-state index in [0.717, 1.165) is 15.6 Å². The second kappa shape index (κ2) is 6.98. The Morgan fingerprint density at radius 2 is 1.88 bits per heavy atom. The van der Waals surface area contributed by atoms with E-state index in [9.17, 15) is 13.2 Å². The predicted molar refractivity (Wildman–Crippen MR) is 103 cm³/mol. The molecule has 26 heavy (non-hydrogen) atoms. The van der Waals surface area contributed by atoms with Crippen molar-refractivity contribution in [2.75, 3.05) is 0 Å². The summed E-state index contributed by atoms with van der Waals surface area (Å²) in [4.78, 5) is 22.3. The molecule has 1 unspecified atom stereocenters. The molecule has 0 aliphatic rings. The average Bonchev–Trinajstić information content (AvgIpc) is 3.07. The number of imidazole rings is 1. The molecule has 9 heteroatoms. The number of nitrogens with one attached hydrogen (secondary N) is 3. The lowest BCUT2D eigenvalue weighted by Gasteiger charge is -2.18. The molecule has 2 aromatic heterocycles. The number of hydrogen-bond donors (Lipinski definition) is 3. The molecule has 0 saturated carbocycles.